The topological polar surface area (TPSA) is 55.1 Å². The molecule has 5 heteroatoms. The predicted octanol–water partition coefficient (Wildman–Crippen LogP) is 3.25. The monoisotopic (exact) mass is 350 g/mol. The molecule has 1 aromatic heterocycles. The van der Waals surface area contributed by atoms with Gasteiger partial charge >= 0.3 is 0 Å². The minimum Gasteiger partial charge on any atom is -0.391 e. The summed E-state index contributed by atoms with van der Waals surface area (Å²) in [5, 5.41) is 10.8. The molecule has 0 radical (unpaired) electrons. The van der Waals surface area contributed by atoms with Crippen LogP contribution in [0.4, 0.5) is 0 Å². The lowest BCUT2D eigenvalue weighted by Gasteiger charge is -2.29. The average Bonchev–Trinajstić information content (AvgIpc) is 2.47. The van der Waals surface area contributed by atoms with E-state index in [4.69, 9.17) is 0 Å². The Hall–Kier alpha value is -1.20. The fraction of sp³-hybridized carbons (Fsp3) is 0.500. The molecular weight excluding hydrogens is 332 g/mol. The first kappa shape index (κ1) is 14.7. The van der Waals surface area contributed by atoms with Crippen molar-refractivity contribution in [3.8, 4) is 0 Å². The highest BCUT2D eigenvalue weighted by molar-refractivity contribution is 9.10. The number of benzene rings is 1. The van der Waals surface area contributed by atoms with Crippen LogP contribution in [-0.2, 0) is 0 Å². The number of nitrogens with zero attached hydrogens (tertiary/aromatic N) is 2. The third-order valence-corrected chi connectivity index (χ3v) is 5.45. The lowest BCUT2D eigenvalue weighted by molar-refractivity contribution is 0.0735. The Labute approximate surface area is 131 Å². The SMILES string of the molecule is Cc1c(Br)cc2c(=O)n([C@H]3CCCC[C@@H]3O)cnc2c1C. The van der Waals surface area contributed by atoms with Crippen LogP contribution in [0, 0.1) is 13.8 Å². The number of hydrogen-bond acceptors (Lipinski definition) is 3. The van der Waals surface area contributed by atoms with Crippen molar-refractivity contribution < 1.29 is 5.11 Å². The van der Waals surface area contributed by atoms with Gasteiger partial charge in [-0.2, -0.15) is 0 Å². The van der Waals surface area contributed by atoms with Crippen LogP contribution in [0.5, 0.6) is 0 Å². The van der Waals surface area contributed by atoms with E-state index in [0.29, 0.717) is 5.39 Å². The van der Waals surface area contributed by atoms with E-state index in [-0.39, 0.29) is 11.6 Å². The molecule has 0 spiro atoms. The lowest BCUT2D eigenvalue weighted by atomic mass is 9.92. The van der Waals surface area contributed by atoms with Crippen LogP contribution >= 0.6 is 15.9 Å². The molecule has 2 atom stereocenters. The van der Waals surface area contributed by atoms with E-state index < -0.39 is 6.10 Å². The van der Waals surface area contributed by atoms with Crippen LogP contribution in [-0.4, -0.2) is 20.8 Å². The van der Waals surface area contributed by atoms with E-state index in [1.165, 1.54) is 0 Å². The van der Waals surface area contributed by atoms with Gasteiger partial charge in [-0.25, -0.2) is 4.98 Å². The molecule has 3 rings (SSSR count). The van der Waals surface area contributed by atoms with Crippen molar-refractivity contribution >= 4 is 26.8 Å². The summed E-state index contributed by atoms with van der Waals surface area (Å²) in [7, 11) is 0. The zero-order chi connectivity index (χ0) is 15.1. The highest BCUT2D eigenvalue weighted by Gasteiger charge is 2.26. The van der Waals surface area contributed by atoms with Crippen LogP contribution in [0.25, 0.3) is 10.9 Å². The molecular formula is C16H19BrN2O2. The fourth-order valence-electron chi connectivity index (χ4n) is 3.16. The molecule has 1 aromatic carbocycles. The smallest absolute Gasteiger partial charge is 0.261 e. The van der Waals surface area contributed by atoms with Gasteiger partial charge in [-0.1, -0.05) is 28.8 Å². The zero-order valence-corrected chi connectivity index (χ0v) is 13.9. The second kappa shape index (κ2) is 5.54. The predicted molar refractivity (Wildman–Crippen MR) is 86.7 cm³/mol. The first-order valence-electron chi connectivity index (χ1n) is 7.35. The van der Waals surface area contributed by atoms with Gasteiger partial charge in [0.2, 0.25) is 0 Å². The van der Waals surface area contributed by atoms with E-state index >= 15 is 0 Å². The van der Waals surface area contributed by atoms with Crippen molar-refractivity contribution in [2.45, 2.75) is 51.7 Å². The molecule has 0 amide bonds. The van der Waals surface area contributed by atoms with E-state index in [1.54, 1.807) is 10.9 Å². The Morgan fingerprint density at radius 3 is 2.71 bits per heavy atom. The fourth-order valence-corrected chi connectivity index (χ4v) is 3.68. The molecule has 1 heterocycles. The van der Waals surface area contributed by atoms with E-state index in [1.807, 2.05) is 19.9 Å². The molecule has 1 saturated carbocycles. The Bertz CT molecular complexity index is 754. The second-order valence-electron chi connectivity index (χ2n) is 5.88. The molecule has 1 fully saturated rings. The average molecular weight is 351 g/mol. The minimum absolute atomic E-state index is 0.0604. The van der Waals surface area contributed by atoms with Crippen molar-refractivity contribution in [3.63, 3.8) is 0 Å². The Morgan fingerprint density at radius 1 is 1.29 bits per heavy atom. The van der Waals surface area contributed by atoms with Crippen LogP contribution in [0.15, 0.2) is 21.7 Å². The Kier molecular flexibility index (Phi) is 3.88. The van der Waals surface area contributed by atoms with Gasteiger partial charge in [-0.3, -0.25) is 9.36 Å². The maximum Gasteiger partial charge on any atom is 0.261 e. The maximum atomic E-state index is 12.8. The summed E-state index contributed by atoms with van der Waals surface area (Å²) < 4.78 is 2.54. The highest BCUT2D eigenvalue weighted by Crippen LogP contribution is 2.29. The summed E-state index contributed by atoms with van der Waals surface area (Å²) >= 11 is 3.51. The minimum atomic E-state index is -0.453. The van der Waals surface area contributed by atoms with Gasteiger partial charge in [0, 0.05) is 4.47 Å². The van der Waals surface area contributed by atoms with Crippen molar-refractivity contribution in [1.29, 1.82) is 0 Å². The van der Waals surface area contributed by atoms with Crippen LogP contribution in [0.1, 0.15) is 42.9 Å². The zero-order valence-electron chi connectivity index (χ0n) is 12.3. The summed E-state index contributed by atoms with van der Waals surface area (Å²) in [4.78, 5) is 17.3. The molecule has 1 aliphatic carbocycles. The quantitative estimate of drug-likeness (QED) is 0.858. The van der Waals surface area contributed by atoms with Gasteiger partial charge in [0.1, 0.15) is 0 Å². The van der Waals surface area contributed by atoms with Crippen LogP contribution in [0.2, 0.25) is 0 Å². The third kappa shape index (κ3) is 2.42. The molecule has 0 aliphatic heterocycles. The van der Waals surface area contributed by atoms with Gasteiger partial charge in [0.05, 0.1) is 29.4 Å². The molecule has 21 heavy (non-hydrogen) atoms. The number of aryl methyl sites for hydroxylation is 1. The number of aromatic nitrogens is 2. The molecule has 0 bridgehead atoms. The molecule has 2 aromatic rings. The van der Waals surface area contributed by atoms with Crippen molar-refractivity contribution in [2.75, 3.05) is 0 Å². The third-order valence-electron chi connectivity index (χ3n) is 4.63. The van der Waals surface area contributed by atoms with Gasteiger partial charge in [0.15, 0.2) is 0 Å². The molecule has 112 valence electrons. The molecule has 4 nitrogen and oxygen atoms in total. The van der Waals surface area contributed by atoms with Gasteiger partial charge in [-0.05, 0) is 43.9 Å². The first-order valence-corrected chi connectivity index (χ1v) is 8.14. The number of hydrogen-bond donors (Lipinski definition) is 1. The number of rotatable bonds is 1. The van der Waals surface area contributed by atoms with Crippen molar-refractivity contribution in [1.82, 2.24) is 9.55 Å². The van der Waals surface area contributed by atoms with Gasteiger partial charge < -0.3 is 5.11 Å². The second-order valence-corrected chi connectivity index (χ2v) is 6.74. The maximum absolute atomic E-state index is 12.8. The highest BCUT2D eigenvalue weighted by atomic mass is 79.9. The number of aliphatic hydroxyl groups is 1. The standard InChI is InChI=1S/C16H19BrN2O2/c1-9-10(2)15-11(7-12(9)17)16(21)19(8-18-15)13-5-3-4-6-14(13)20/h7-8,13-14,20H,3-6H2,1-2H3/t13-,14-/m0/s1. The van der Waals surface area contributed by atoms with E-state index in [9.17, 15) is 9.90 Å². The molecule has 0 unspecified atom stereocenters. The largest absolute Gasteiger partial charge is 0.391 e. The van der Waals surface area contributed by atoms with E-state index in [2.05, 4.69) is 20.9 Å². The summed E-state index contributed by atoms with van der Waals surface area (Å²) in [6, 6.07) is 1.70. The van der Waals surface area contributed by atoms with Crippen LogP contribution in [0.3, 0.4) is 0 Å². The summed E-state index contributed by atoms with van der Waals surface area (Å²) in [5.41, 5.74) is 2.81. The Balaban J connectivity index is 2.21. The van der Waals surface area contributed by atoms with E-state index in [0.717, 1.165) is 46.8 Å². The first-order chi connectivity index (χ1) is 10.0. The van der Waals surface area contributed by atoms with Crippen LogP contribution < -0.4 is 5.56 Å². The van der Waals surface area contributed by atoms with Crippen molar-refractivity contribution in [3.05, 3.63) is 38.3 Å². The lowest BCUT2D eigenvalue weighted by Crippen LogP contribution is -2.34. The van der Waals surface area contributed by atoms with Gasteiger partial charge in [-0.15, -0.1) is 0 Å². The Morgan fingerprint density at radius 2 is 2.00 bits per heavy atom. The van der Waals surface area contributed by atoms with Gasteiger partial charge in [0.25, 0.3) is 5.56 Å². The molecule has 1 aliphatic rings. The summed E-state index contributed by atoms with van der Waals surface area (Å²) in [6.07, 6.45) is 4.81. The summed E-state index contributed by atoms with van der Waals surface area (Å²) in [6.45, 7) is 3.99. The van der Waals surface area contributed by atoms with Crippen molar-refractivity contribution in [2.24, 2.45) is 0 Å². The number of fused-ring (bicyclic) bond motifs is 1. The number of halogens is 1. The normalized spacial score (nSPS) is 22.7. The number of aliphatic hydroxyl groups excluding tert-OH is 1. The molecule has 1 N–H and O–H groups in total. The summed E-state index contributed by atoms with van der Waals surface area (Å²) in [5.74, 6) is 0. The molecule has 0 saturated heterocycles.